The zero-order valence-electron chi connectivity index (χ0n) is 4.30. The lowest BCUT2D eigenvalue weighted by molar-refractivity contribution is 1.86. The van der Waals surface area contributed by atoms with Gasteiger partial charge < -0.3 is 0 Å². The van der Waals surface area contributed by atoms with Crippen molar-refractivity contribution in [2.45, 2.75) is 11.7 Å². The summed E-state index contributed by atoms with van der Waals surface area (Å²) in [7, 11) is 0. The van der Waals surface area contributed by atoms with Gasteiger partial charge >= 0.3 is 0 Å². The minimum Gasteiger partial charge on any atom is -0.154 e. The first-order valence-corrected chi connectivity index (χ1v) is 6.57. The van der Waals surface area contributed by atoms with Crippen LogP contribution >= 0.6 is 73.2 Å². The standard InChI is InChI=1S/C3H6S6/c4-1-7-2(5)9-3(6)8-1/h1-6H. The van der Waals surface area contributed by atoms with Crippen LogP contribution in [0.25, 0.3) is 0 Å². The number of thioether (sulfide) groups is 3. The molecule has 54 valence electrons. The fraction of sp³-hybridized carbons (Fsp3) is 1.00. The Morgan fingerprint density at radius 2 is 0.889 bits per heavy atom. The Hall–Kier alpha value is 2.10. The highest BCUT2D eigenvalue weighted by Gasteiger charge is 2.23. The highest BCUT2D eigenvalue weighted by atomic mass is 32.3. The zero-order valence-corrected chi connectivity index (χ0v) is 9.43. The van der Waals surface area contributed by atoms with Crippen LogP contribution in [0.15, 0.2) is 0 Å². The largest absolute Gasteiger partial charge is 0.154 e. The molecule has 1 fully saturated rings. The quantitative estimate of drug-likeness (QED) is 0.552. The molecule has 1 aliphatic rings. The Morgan fingerprint density at radius 1 is 0.667 bits per heavy atom. The minimum absolute atomic E-state index is 0.344. The Balaban J connectivity index is 2.34. The van der Waals surface area contributed by atoms with Gasteiger partial charge in [-0.15, -0.1) is 35.3 Å². The Morgan fingerprint density at radius 3 is 1.11 bits per heavy atom. The van der Waals surface area contributed by atoms with Crippen LogP contribution in [0, 0.1) is 0 Å². The van der Waals surface area contributed by atoms with Gasteiger partial charge in [0, 0.05) is 0 Å². The Bertz CT molecular complexity index is 69.3. The molecule has 0 aliphatic carbocycles. The van der Waals surface area contributed by atoms with Crippen molar-refractivity contribution in [3.8, 4) is 0 Å². The molecule has 0 N–H and O–H groups in total. The zero-order chi connectivity index (χ0) is 6.85. The van der Waals surface area contributed by atoms with Gasteiger partial charge in [-0.2, -0.15) is 37.9 Å². The molecule has 0 atom stereocenters. The van der Waals surface area contributed by atoms with E-state index in [1.807, 2.05) is 0 Å². The maximum atomic E-state index is 4.29. The van der Waals surface area contributed by atoms with E-state index in [1.54, 1.807) is 35.3 Å². The Labute approximate surface area is 84.3 Å². The lowest BCUT2D eigenvalue weighted by atomic mass is 11.8. The molecule has 6 heteroatoms. The van der Waals surface area contributed by atoms with Crippen LogP contribution in [0.1, 0.15) is 0 Å². The SMILES string of the molecule is SC1SC(S)SC(S)S1. The van der Waals surface area contributed by atoms with Crippen molar-refractivity contribution in [1.82, 2.24) is 0 Å². The fourth-order valence-corrected chi connectivity index (χ4v) is 8.93. The van der Waals surface area contributed by atoms with E-state index in [0.717, 1.165) is 0 Å². The van der Waals surface area contributed by atoms with Crippen LogP contribution < -0.4 is 0 Å². The maximum absolute atomic E-state index is 4.29. The first-order chi connectivity index (χ1) is 4.18. The van der Waals surface area contributed by atoms with E-state index in [9.17, 15) is 0 Å². The second-order valence-corrected chi connectivity index (χ2v) is 9.51. The van der Waals surface area contributed by atoms with Gasteiger partial charge in [-0.25, -0.2) is 0 Å². The number of thiol groups is 3. The molecule has 0 aromatic heterocycles. The van der Waals surface area contributed by atoms with Crippen molar-refractivity contribution in [1.29, 1.82) is 0 Å². The molecule has 1 rings (SSSR count). The molecule has 0 radical (unpaired) electrons. The molecule has 9 heavy (non-hydrogen) atoms. The summed E-state index contributed by atoms with van der Waals surface area (Å²) < 4.78 is 1.03. The van der Waals surface area contributed by atoms with Gasteiger partial charge in [-0.1, -0.05) is 0 Å². The van der Waals surface area contributed by atoms with Crippen LogP contribution in [-0.2, 0) is 0 Å². The van der Waals surface area contributed by atoms with E-state index >= 15 is 0 Å². The molecule has 0 nitrogen and oxygen atoms in total. The summed E-state index contributed by atoms with van der Waals surface area (Å²) >= 11 is 18.1. The third kappa shape index (κ3) is 3.33. The van der Waals surface area contributed by atoms with Crippen molar-refractivity contribution in [3.63, 3.8) is 0 Å². The van der Waals surface area contributed by atoms with E-state index < -0.39 is 0 Å². The van der Waals surface area contributed by atoms with Gasteiger partial charge in [0.05, 0.1) is 11.7 Å². The summed E-state index contributed by atoms with van der Waals surface area (Å²) in [5.41, 5.74) is 0. The van der Waals surface area contributed by atoms with E-state index in [-0.39, 0.29) is 0 Å². The van der Waals surface area contributed by atoms with Crippen LogP contribution in [0.5, 0.6) is 0 Å². The molecule has 0 bridgehead atoms. The molecule has 0 spiro atoms. The normalized spacial score (nSPS) is 45.0. The van der Waals surface area contributed by atoms with Gasteiger partial charge in [0.15, 0.2) is 0 Å². The predicted molar refractivity (Wildman–Crippen MR) is 61.1 cm³/mol. The highest BCUT2D eigenvalue weighted by molar-refractivity contribution is 8.47. The highest BCUT2D eigenvalue weighted by Crippen LogP contribution is 2.50. The first kappa shape index (κ1) is 9.19. The summed E-state index contributed by atoms with van der Waals surface area (Å²) in [6.07, 6.45) is 0. The van der Waals surface area contributed by atoms with Gasteiger partial charge in [0.2, 0.25) is 0 Å². The number of hydrogen-bond donors (Lipinski definition) is 3. The monoisotopic (exact) mass is 234 g/mol. The van der Waals surface area contributed by atoms with Crippen LogP contribution in [0.4, 0.5) is 0 Å². The Kier molecular flexibility index (Phi) is 4.30. The second-order valence-electron chi connectivity index (χ2n) is 1.33. The molecule has 0 unspecified atom stereocenters. The minimum atomic E-state index is 0.344. The third-order valence-electron chi connectivity index (χ3n) is 0.698. The molecular weight excluding hydrogens is 228 g/mol. The summed E-state index contributed by atoms with van der Waals surface area (Å²) in [5.74, 6) is 0. The first-order valence-electron chi connectivity index (χ1n) is 2.19. The van der Waals surface area contributed by atoms with E-state index in [0.29, 0.717) is 11.7 Å². The summed E-state index contributed by atoms with van der Waals surface area (Å²) in [5, 5.41) is 0. The van der Waals surface area contributed by atoms with Gasteiger partial charge in [0.1, 0.15) is 0 Å². The van der Waals surface area contributed by atoms with Crippen molar-refractivity contribution in [2.24, 2.45) is 0 Å². The second kappa shape index (κ2) is 4.21. The maximum Gasteiger partial charge on any atom is 0.0966 e. The molecule has 0 aromatic rings. The summed E-state index contributed by atoms with van der Waals surface area (Å²) in [6.45, 7) is 0. The molecule has 1 saturated heterocycles. The van der Waals surface area contributed by atoms with E-state index in [2.05, 4.69) is 37.9 Å². The van der Waals surface area contributed by atoms with Crippen LogP contribution in [0.3, 0.4) is 0 Å². The van der Waals surface area contributed by atoms with Crippen molar-refractivity contribution in [3.05, 3.63) is 0 Å². The molecule has 0 amide bonds. The summed E-state index contributed by atoms with van der Waals surface area (Å²) in [4.78, 5) is 0. The fourth-order valence-electron chi connectivity index (χ4n) is 0.395. The van der Waals surface area contributed by atoms with Crippen molar-refractivity contribution in [2.75, 3.05) is 0 Å². The molecule has 0 saturated carbocycles. The van der Waals surface area contributed by atoms with Crippen molar-refractivity contribution >= 4 is 73.2 Å². The number of rotatable bonds is 0. The number of hydrogen-bond acceptors (Lipinski definition) is 6. The topological polar surface area (TPSA) is 0 Å². The van der Waals surface area contributed by atoms with Crippen LogP contribution in [0.2, 0.25) is 0 Å². The summed E-state index contributed by atoms with van der Waals surface area (Å²) in [6, 6.07) is 0. The smallest absolute Gasteiger partial charge is 0.0966 e. The van der Waals surface area contributed by atoms with E-state index in [1.165, 1.54) is 0 Å². The average Bonchev–Trinajstić information content (AvgIpc) is 1.59. The van der Waals surface area contributed by atoms with E-state index in [4.69, 9.17) is 0 Å². The average molecular weight is 234 g/mol. The third-order valence-corrected chi connectivity index (χ3v) is 6.29. The lowest BCUT2D eigenvalue weighted by Gasteiger charge is -2.25. The van der Waals surface area contributed by atoms with Crippen molar-refractivity contribution < 1.29 is 0 Å². The predicted octanol–water partition coefficient (Wildman–Crippen LogP) is 2.84. The lowest BCUT2D eigenvalue weighted by Crippen LogP contribution is -2.05. The molecule has 0 aromatic carbocycles. The molecule has 1 aliphatic heterocycles. The van der Waals surface area contributed by atoms with Crippen LogP contribution in [-0.4, -0.2) is 11.7 Å². The molecular formula is C3H6S6. The van der Waals surface area contributed by atoms with Gasteiger partial charge in [-0.3, -0.25) is 0 Å². The van der Waals surface area contributed by atoms with Gasteiger partial charge in [-0.05, 0) is 0 Å². The van der Waals surface area contributed by atoms with Gasteiger partial charge in [0.25, 0.3) is 0 Å². The molecule has 1 heterocycles.